The third-order valence-electron chi connectivity index (χ3n) is 4.98. The van der Waals surface area contributed by atoms with Crippen molar-refractivity contribution in [1.29, 1.82) is 0 Å². The third kappa shape index (κ3) is 4.22. The lowest BCUT2D eigenvalue weighted by Gasteiger charge is -2.41. The van der Waals surface area contributed by atoms with E-state index in [0.717, 1.165) is 42.0 Å². The fourth-order valence-corrected chi connectivity index (χ4v) is 4.32. The number of carbonyl (C=O) groups is 1. The number of hydrogen-bond donors (Lipinski definition) is 1. The summed E-state index contributed by atoms with van der Waals surface area (Å²) in [6, 6.07) is 11.7. The van der Waals surface area contributed by atoms with Gasteiger partial charge < -0.3 is 14.7 Å². The number of benzene rings is 1. The van der Waals surface area contributed by atoms with Gasteiger partial charge in [-0.2, -0.15) is 0 Å². The van der Waals surface area contributed by atoms with Crippen molar-refractivity contribution in [3.05, 3.63) is 52.2 Å². The Balaban J connectivity index is 1.62. The van der Waals surface area contributed by atoms with Crippen molar-refractivity contribution in [3.63, 3.8) is 0 Å². The summed E-state index contributed by atoms with van der Waals surface area (Å²) in [6.45, 7) is 3.96. The van der Waals surface area contributed by atoms with E-state index in [4.69, 9.17) is 4.74 Å². The molecule has 1 saturated heterocycles. The molecule has 0 aliphatic carbocycles. The molecule has 3 rings (SSSR count). The molecule has 1 amide bonds. The number of aryl methyl sites for hydroxylation is 1. The van der Waals surface area contributed by atoms with Crippen molar-refractivity contribution >= 4 is 17.2 Å². The normalized spacial score (nSPS) is 20.5. The van der Waals surface area contributed by atoms with Gasteiger partial charge in [0.15, 0.2) is 0 Å². The van der Waals surface area contributed by atoms with Crippen LogP contribution in [0.5, 0.6) is 5.75 Å². The maximum absolute atomic E-state index is 12.8. The summed E-state index contributed by atoms with van der Waals surface area (Å²) in [5.74, 6) is 0.933. The summed E-state index contributed by atoms with van der Waals surface area (Å²) < 4.78 is 5.81. The molecule has 1 aliphatic heterocycles. The van der Waals surface area contributed by atoms with E-state index in [9.17, 15) is 9.90 Å². The predicted molar refractivity (Wildman–Crippen MR) is 100 cm³/mol. The van der Waals surface area contributed by atoms with E-state index < -0.39 is 0 Å². The standard InChI is InChI=1S/C20H25NO3S/c1-16-8-13-25-18(16)19(23)21-11-5-9-20(14-21,15-22)10-12-24-17-6-3-2-4-7-17/h2-4,6-8,13,22H,5,9-12,14-15H2,1H3/t20-/m0/s1. The van der Waals surface area contributed by atoms with E-state index in [0.29, 0.717) is 13.2 Å². The lowest BCUT2D eigenvalue weighted by Crippen LogP contribution is -2.48. The number of nitrogens with zero attached hydrogens (tertiary/aromatic N) is 1. The van der Waals surface area contributed by atoms with Crippen molar-refractivity contribution in [1.82, 2.24) is 4.90 Å². The van der Waals surface area contributed by atoms with Crippen LogP contribution in [0.3, 0.4) is 0 Å². The van der Waals surface area contributed by atoms with Gasteiger partial charge in [0.2, 0.25) is 0 Å². The fraction of sp³-hybridized carbons (Fsp3) is 0.450. The van der Waals surface area contributed by atoms with Crippen LogP contribution in [0.15, 0.2) is 41.8 Å². The molecule has 1 aromatic heterocycles. The lowest BCUT2D eigenvalue weighted by atomic mass is 9.78. The Morgan fingerprint density at radius 1 is 1.32 bits per heavy atom. The highest BCUT2D eigenvalue weighted by molar-refractivity contribution is 7.12. The molecule has 0 bridgehead atoms. The molecule has 1 N–H and O–H groups in total. The minimum absolute atomic E-state index is 0.0817. The van der Waals surface area contributed by atoms with Crippen molar-refractivity contribution in [2.45, 2.75) is 26.2 Å². The van der Waals surface area contributed by atoms with E-state index in [-0.39, 0.29) is 17.9 Å². The SMILES string of the molecule is Cc1ccsc1C(=O)N1CCC[C@](CO)(CCOc2ccccc2)C1. The first kappa shape index (κ1) is 18.0. The number of likely N-dealkylation sites (tertiary alicyclic amines) is 1. The second kappa shape index (κ2) is 8.02. The maximum Gasteiger partial charge on any atom is 0.264 e. The van der Waals surface area contributed by atoms with E-state index in [1.165, 1.54) is 11.3 Å². The molecule has 0 radical (unpaired) electrons. The minimum atomic E-state index is -0.270. The molecule has 2 aromatic rings. The van der Waals surface area contributed by atoms with Crippen LogP contribution in [-0.4, -0.2) is 42.2 Å². The highest BCUT2D eigenvalue weighted by Gasteiger charge is 2.37. The van der Waals surface area contributed by atoms with E-state index in [1.54, 1.807) is 0 Å². The molecule has 0 saturated carbocycles. The number of thiophene rings is 1. The Hall–Kier alpha value is -1.85. The van der Waals surface area contributed by atoms with Gasteiger partial charge in [0.25, 0.3) is 5.91 Å². The van der Waals surface area contributed by atoms with Gasteiger partial charge in [-0.05, 0) is 55.3 Å². The Morgan fingerprint density at radius 2 is 2.12 bits per heavy atom. The van der Waals surface area contributed by atoms with Gasteiger partial charge >= 0.3 is 0 Å². The third-order valence-corrected chi connectivity index (χ3v) is 5.99. The second-order valence-electron chi connectivity index (χ2n) is 6.83. The van der Waals surface area contributed by atoms with Crippen LogP contribution < -0.4 is 4.74 Å². The first-order valence-electron chi connectivity index (χ1n) is 8.76. The Morgan fingerprint density at radius 3 is 2.80 bits per heavy atom. The number of aliphatic hydroxyl groups excluding tert-OH is 1. The Labute approximate surface area is 153 Å². The molecule has 1 atom stereocenters. The molecule has 5 heteroatoms. The summed E-state index contributed by atoms with van der Waals surface area (Å²) in [6.07, 6.45) is 2.59. The molecule has 134 valence electrons. The predicted octanol–water partition coefficient (Wildman–Crippen LogP) is 3.74. The van der Waals surface area contributed by atoms with E-state index in [1.807, 2.05) is 53.6 Å². The largest absolute Gasteiger partial charge is 0.494 e. The summed E-state index contributed by atoms with van der Waals surface area (Å²) in [7, 11) is 0. The van der Waals surface area contributed by atoms with Crippen LogP contribution in [-0.2, 0) is 0 Å². The van der Waals surface area contributed by atoms with Crippen LogP contribution in [0, 0.1) is 12.3 Å². The molecule has 0 spiro atoms. The van der Waals surface area contributed by atoms with Gasteiger partial charge in [0, 0.05) is 18.5 Å². The molecule has 1 aliphatic rings. The van der Waals surface area contributed by atoms with Crippen LogP contribution >= 0.6 is 11.3 Å². The summed E-state index contributed by atoms with van der Waals surface area (Å²) >= 11 is 1.50. The van der Waals surface area contributed by atoms with Crippen molar-refractivity contribution < 1.29 is 14.6 Å². The number of para-hydroxylation sites is 1. The summed E-state index contributed by atoms with van der Waals surface area (Å²) in [4.78, 5) is 15.5. The molecule has 25 heavy (non-hydrogen) atoms. The fourth-order valence-electron chi connectivity index (χ4n) is 3.43. The molecule has 2 heterocycles. The van der Waals surface area contributed by atoms with Crippen molar-refractivity contribution in [2.75, 3.05) is 26.3 Å². The number of rotatable bonds is 6. The molecular weight excluding hydrogens is 334 g/mol. The minimum Gasteiger partial charge on any atom is -0.494 e. The number of ether oxygens (including phenoxy) is 1. The van der Waals surface area contributed by atoms with Crippen LogP contribution in [0.25, 0.3) is 0 Å². The molecule has 1 fully saturated rings. The number of carbonyl (C=O) groups excluding carboxylic acids is 1. The topological polar surface area (TPSA) is 49.8 Å². The van der Waals surface area contributed by atoms with Gasteiger partial charge in [0.1, 0.15) is 5.75 Å². The quantitative estimate of drug-likeness (QED) is 0.855. The highest BCUT2D eigenvalue weighted by atomic mass is 32.1. The van der Waals surface area contributed by atoms with Crippen molar-refractivity contribution in [2.24, 2.45) is 5.41 Å². The smallest absolute Gasteiger partial charge is 0.264 e. The Bertz CT molecular complexity index is 700. The number of piperidine rings is 1. The first-order valence-corrected chi connectivity index (χ1v) is 9.64. The number of hydrogen-bond acceptors (Lipinski definition) is 4. The number of amides is 1. The first-order chi connectivity index (χ1) is 12.1. The lowest BCUT2D eigenvalue weighted by molar-refractivity contribution is 0.0158. The molecule has 0 unspecified atom stereocenters. The zero-order valence-electron chi connectivity index (χ0n) is 14.6. The monoisotopic (exact) mass is 359 g/mol. The van der Waals surface area contributed by atoms with Gasteiger partial charge in [0.05, 0.1) is 18.1 Å². The maximum atomic E-state index is 12.8. The average Bonchev–Trinajstić information content (AvgIpc) is 3.08. The van der Waals surface area contributed by atoms with E-state index in [2.05, 4.69) is 0 Å². The van der Waals surface area contributed by atoms with Gasteiger partial charge in [-0.3, -0.25) is 4.79 Å². The molecular formula is C20H25NO3S. The zero-order chi connectivity index (χ0) is 17.7. The van der Waals surface area contributed by atoms with Crippen LogP contribution in [0.4, 0.5) is 0 Å². The van der Waals surface area contributed by atoms with E-state index >= 15 is 0 Å². The molecule has 1 aromatic carbocycles. The van der Waals surface area contributed by atoms with Crippen molar-refractivity contribution in [3.8, 4) is 5.75 Å². The zero-order valence-corrected chi connectivity index (χ0v) is 15.4. The Kier molecular flexibility index (Phi) is 5.76. The van der Waals surface area contributed by atoms with Crippen LogP contribution in [0.2, 0.25) is 0 Å². The van der Waals surface area contributed by atoms with Gasteiger partial charge in [-0.15, -0.1) is 11.3 Å². The summed E-state index contributed by atoms with van der Waals surface area (Å²) in [5.41, 5.74) is 0.760. The highest BCUT2D eigenvalue weighted by Crippen LogP contribution is 2.34. The van der Waals surface area contributed by atoms with Gasteiger partial charge in [-0.1, -0.05) is 18.2 Å². The van der Waals surface area contributed by atoms with Gasteiger partial charge in [-0.25, -0.2) is 0 Å². The summed E-state index contributed by atoms with van der Waals surface area (Å²) in [5, 5.41) is 12.0. The average molecular weight is 359 g/mol. The second-order valence-corrected chi connectivity index (χ2v) is 7.75. The number of aliphatic hydroxyl groups is 1. The molecule has 4 nitrogen and oxygen atoms in total. The van der Waals surface area contributed by atoms with Crippen LogP contribution in [0.1, 0.15) is 34.5 Å².